The van der Waals surface area contributed by atoms with E-state index in [9.17, 15) is 4.79 Å². The minimum absolute atomic E-state index is 0.112. The molecule has 18 heavy (non-hydrogen) atoms. The zero-order chi connectivity index (χ0) is 13.7. The normalized spacial score (nSPS) is 14.1. The van der Waals surface area contributed by atoms with Gasteiger partial charge in [0.15, 0.2) is 0 Å². The number of hydrogen-bond donors (Lipinski definition) is 2. The summed E-state index contributed by atoms with van der Waals surface area (Å²) in [6, 6.07) is 5.01. The van der Waals surface area contributed by atoms with Crippen molar-refractivity contribution < 1.29 is 4.79 Å². The molecule has 2 N–H and O–H groups in total. The number of rotatable bonds is 5. The molecule has 0 aliphatic carbocycles. The molecule has 3 nitrogen and oxygen atoms in total. The maximum atomic E-state index is 11.9. The Morgan fingerprint density at radius 3 is 2.56 bits per heavy atom. The topological polar surface area (TPSA) is 41.1 Å². The molecule has 1 aromatic rings. The number of carbonyl (C=O) groups is 1. The van der Waals surface area contributed by atoms with Gasteiger partial charge in [0.25, 0.3) is 0 Å². The molecule has 0 saturated carbocycles. The van der Waals surface area contributed by atoms with Crippen LogP contribution in [0.5, 0.6) is 0 Å². The van der Waals surface area contributed by atoms with Crippen molar-refractivity contribution in [3.8, 4) is 0 Å². The fraction of sp³-hybridized carbons (Fsp3) is 0.462. The highest BCUT2D eigenvalue weighted by Gasteiger charge is 2.15. The molecule has 0 saturated heterocycles. The summed E-state index contributed by atoms with van der Waals surface area (Å²) in [5.41, 5.74) is 0.573. The first kappa shape index (κ1) is 15.3. The minimum Gasteiger partial charge on any atom is -0.323 e. The predicted molar refractivity (Wildman–Crippen MR) is 77.4 cm³/mol. The van der Waals surface area contributed by atoms with Gasteiger partial charge in [-0.1, -0.05) is 30.1 Å². The highest BCUT2D eigenvalue weighted by molar-refractivity contribution is 6.36. The fourth-order valence-corrected chi connectivity index (χ4v) is 1.91. The summed E-state index contributed by atoms with van der Waals surface area (Å²) in [6.45, 7) is 5.93. The minimum atomic E-state index is -0.272. The van der Waals surface area contributed by atoms with E-state index in [1.54, 1.807) is 18.2 Å². The second-order valence-electron chi connectivity index (χ2n) is 4.31. The Bertz CT molecular complexity index is 423. The first-order valence-corrected chi connectivity index (χ1v) is 6.71. The van der Waals surface area contributed by atoms with Crippen LogP contribution in [-0.2, 0) is 4.79 Å². The van der Waals surface area contributed by atoms with E-state index in [1.165, 1.54) is 0 Å². The van der Waals surface area contributed by atoms with Crippen molar-refractivity contribution in [2.75, 3.05) is 5.32 Å². The SMILES string of the molecule is CC[C@@H](C)N[C@H](C)C(=O)Nc1ccc(Cl)cc1Cl. The first-order chi connectivity index (χ1) is 8.43. The van der Waals surface area contributed by atoms with Gasteiger partial charge < -0.3 is 10.6 Å². The third kappa shape index (κ3) is 4.48. The molecule has 5 heteroatoms. The summed E-state index contributed by atoms with van der Waals surface area (Å²) >= 11 is 11.8. The van der Waals surface area contributed by atoms with Crippen molar-refractivity contribution in [3.63, 3.8) is 0 Å². The third-order valence-electron chi connectivity index (χ3n) is 2.73. The summed E-state index contributed by atoms with van der Waals surface area (Å²) in [5.74, 6) is -0.112. The van der Waals surface area contributed by atoms with Crippen molar-refractivity contribution in [1.82, 2.24) is 5.32 Å². The third-order valence-corrected chi connectivity index (χ3v) is 3.28. The Morgan fingerprint density at radius 2 is 2.00 bits per heavy atom. The van der Waals surface area contributed by atoms with Gasteiger partial charge in [-0.2, -0.15) is 0 Å². The lowest BCUT2D eigenvalue weighted by atomic mass is 10.2. The summed E-state index contributed by atoms with van der Waals surface area (Å²) in [7, 11) is 0. The van der Waals surface area contributed by atoms with Gasteiger partial charge in [0.05, 0.1) is 16.8 Å². The summed E-state index contributed by atoms with van der Waals surface area (Å²) in [5, 5.41) is 6.96. The smallest absolute Gasteiger partial charge is 0.241 e. The summed E-state index contributed by atoms with van der Waals surface area (Å²) in [6.07, 6.45) is 0.972. The average Bonchev–Trinajstić information content (AvgIpc) is 2.32. The van der Waals surface area contributed by atoms with Gasteiger partial charge in [-0.15, -0.1) is 0 Å². The molecule has 0 unspecified atom stereocenters. The van der Waals surface area contributed by atoms with Crippen molar-refractivity contribution in [2.24, 2.45) is 0 Å². The van der Waals surface area contributed by atoms with Crippen molar-refractivity contribution in [3.05, 3.63) is 28.2 Å². The molecule has 0 radical (unpaired) electrons. The molecule has 2 atom stereocenters. The second-order valence-corrected chi connectivity index (χ2v) is 5.15. The monoisotopic (exact) mass is 288 g/mol. The molecule has 0 heterocycles. The number of hydrogen-bond acceptors (Lipinski definition) is 2. The van der Waals surface area contributed by atoms with E-state index in [0.29, 0.717) is 21.8 Å². The zero-order valence-corrected chi connectivity index (χ0v) is 12.3. The van der Waals surface area contributed by atoms with Crippen LogP contribution in [0.25, 0.3) is 0 Å². The molecule has 100 valence electrons. The number of benzene rings is 1. The Morgan fingerprint density at radius 1 is 1.33 bits per heavy atom. The highest BCUT2D eigenvalue weighted by atomic mass is 35.5. The van der Waals surface area contributed by atoms with Crippen LogP contribution in [0.2, 0.25) is 10.0 Å². The molecular formula is C13H18Cl2N2O. The Balaban J connectivity index is 2.64. The van der Waals surface area contributed by atoms with E-state index in [2.05, 4.69) is 17.6 Å². The number of amides is 1. The number of carbonyl (C=O) groups excluding carboxylic acids is 1. The standard InChI is InChI=1S/C13H18Cl2N2O/c1-4-8(2)16-9(3)13(18)17-12-6-5-10(14)7-11(12)15/h5-9,16H,4H2,1-3H3,(H,17,18)/t8-,9-/m1/s1. The largest absolute Gasteiger partial charge is 0.323 e. The number of nitrogens with one attached hydrogen (secondary N) is 2. The van der Waals surface area contributed by atoms with Crippen LogP contribution in [0.4, 0.5) is 5.69 Å². The van der Waals surface area contributed by atoms with E-state index >= 15 is 0 Å². The van der Waals surface area contributed by atoms with Gasteiger partial charge in [0.1, 0.15) is 0 Å². The van der Waals surface area contributed by atoms with Crippen molar-refractivity contribution >= 4 is 34.8 Å². The molecule has 0 bridgehead atoms. The van der Waals surface area contributed by atoms with Crippen LogP contribution in [0.1, 0.15) is 27.2 Å². The van der Waals surface area contributed by atoms with Crippen LogP contribution in [0.15, 0.2) is 18.2 Å². The lowest BCUT2D eigenvalue weighted by Gasteiger charge is -2.18. The second kappa shape index (κ2) is 6.98. The molecular weight excluding hydrogens is 271 g/mol. The molecule has 0 aromatic heterocycles. The predicted octanol–water partition coefficient (Wildman–Crippen LogP) is 3.71. The van der Waals surface area contributed by atoms with Gasteiger partial charge in [0.2, 0.25) is 5.91 Å². The van der Waals surface area contributed by atoms with E-state index in [1.807, 2.05) is 13.8 Å². The summed E-state index contributed by atoms with van der Waals surface area (Å²) in [4.78, 5) is 11.9. The van der Waals surface area contributed by atoms with Crippen LogP contribution >= 0.6 is 23.2 Å². The van der Waals surface area contributed by atoms with E-state index in [-0.39, 0.29) is 11.9 Å². The zero-order valence-electron chi connectivity index (χ0n) is 10.8. The van der Waals surface area contributed by atoms with Gasteiger partial charge in [-0.3, -0.25) is 4.79 Å². The van der Waals surface area contributed by atoms with Crippen LogP contribution in [-0.4, -0.2) is 18.0 Å². The molecule has 0 fully saturated rings. The Labute approximate surface area is 118 Å². The van der Waals surface area contributed by atoms with E-state index in [4.69, 9.17) is 23.2 Å². The lowest BCUT2D eigenvalue weighted by molar-refractivity contribution is -0.117. The van der Waals surface area contributed by atoms with Crippen molar-refractivity contribution in [2.45, 2.75) is 39.3 Å². The van der Waals surface area contributed by atoms with E-state index < -0.39 is 0 Å². The van der Waals surface area contributed by atoms with Crippen LogP contribution in [0.3, 0.4) is 0 Å². The molecule has 1 aromatic carbocycles. The maximum Gasteiger partial charge on any atom is 0.241 e. The van der Waals surface area contributed by atoms with Crippen molar-refractivity contribution in [1.29, 1.82) is 0 Å². The number of halogens is 2. The Hall–Kier alpha value is -0.770. The van der Waals surface area contributed by atoms with Gasteiger partial charge in [-0.05, 0) is 38.5 Å². The molecule has 0 spiro atoms. The molecule has 1 rings (SSSR count). The van der Waals surface area contributed by atoms with Gasteiger partial charge >= 0.3 is 0 Å². The quantitative estimate of drug-likeness (QED) is 0.867. The average molecular weight is 289 g/mol. The number of anilines is 1. The van der Waals surface area contributed by atoms with E-state index in [0.717, 1.165) is 6.42 Å². The van der Waals surface area contributed by atoms with Crippen LogP contribution < -0.4 is 10.6 Å². The van der Waals surface area contributed by atoms with Gasteiger partial charge in [0, 0.05) is 11.1 Å². The lowest BCUT2D eigenvalue weighted by Crippen LogP contribution is -2.42. The van der Waals surface area contributed by atoms with Crippen LogP contribution in [0, 0.1) is 0 Å². The Kier molecular flexibility index (Phi) is 5.93. The first-order valence-electron chi connectivity index (χ1n) is 5.96. The highest BCUT2D eigenvalue weighted by Crippen LogP contribution is 2.25. The molecule has 0 aliphatic heterocycles. The van der Waals surface area contributed by atoms with Gasteiger partial charge in [-0.25, -0.2) is 0 Å². The molecule has 1 amide bonds. The fourth-order valence-electron chi connectivity index (χ4n) is 1.45. The maximum absolute atomic E-state index is 11.9. The molecule has 0 aliphatic rings. The summed E-state index contributed by atoms with van der Waals surface area (Å²) < 4.78 is 0.